The summed E-state index contributed by atoms with van der Waals surface area (Å²) in [4.78, 5) is 20.1. The number of sulfonamides is 1. The molecule has 0 spiro atoms. The number of nitrogens with zero attached hydrogens (tertiary/aromatic N) is 3. The minimum Gasteiger partial charge on any atom is -0.329 e. The molecular formula is C26H26N4O3S. The molecular weight excluding hydrogens is 448 g/mol. The van der Waals surface area contributed by atoms with Crippen LogP contribution in [0.2, 0.25) is 0 Å². The predicted molar refractivity (Wildman–Crippen MR) is 132 cm³/mol. The van der Waals surface area contributed by atoms with E-state index in [1.54, 1.807) is 24.3 Å². The number of nitrogens with one attached hydrogen (secondary N) is 1. The quantitative estimate of drug-likeness (QED) is 0.456. The standard InChI is InChI=1S/C26H26N4O3S/c1-18-9-13-20(14-10-18)28-34(32,33)21-15-11-19(12-16-21)26(31)30-17-5-8-24(30)25-27-22-6-3-4-7-23(22)29(25)2/h3-4,6-7,9-16,24,28H,5,8,17H2,1-2H3/t24-/m0/s1. The zero-order valence-corrected chi connectivity index (χ0v) is 19.9. The van der Waals surface area contributed by atoms with Crippen molar-refractivity contribution in [1.82, 2.24) is 14.5 Å². The van der Waals surface area contributed by atoms with Crippen molar-refractivity contribution in [3.05, 3.63) is 89.7 Å². The van der Waals surface area contributed by atoms with Gasteiger partial charge in [0.15, 0.2) is 0 Å². The molecule has 8 heteroatoms. The van der Waals surface area contributed by atoms with Gasteiger partial charge in [0.1, 0.15) is 5.82 Å². The van der Waals surface area contributed by atoms with E-state index in [1.165, 1.54) is 12.1 Å². The van der Waals surface area contributed by atoms with Crippen LogP contribution in [0.5, 0.6) is 0 Å². The second-order valence-corrected chi connectivity index (χ2v) is 10.4. The average Bonchev–Trinajstić information content (AvgIpc) is 3.45. The molecule has 7 nitrogen and oxygen atoms in total. The van der Waals surface area contributed by atoms with Crippen LogP contribution >= 0.6 is 0 Å². The fraction of sp³-hybridized carbons (Fsp3) is 0.231. The molecule has 0 unspecified atom stereocenters. The molecule has 1 amide bonds. The Morgan fingerprint density at radius 2 is 1.71 bits per heavy atom. The third kappa shape index (κ3) is 4.05. The lowest BCUT2D eigenvalue weighted by molar-refractivity contribution is 0.0728. The summed E-state index contributed by atoms with van der Waals surface area (Å²) in [5, 5.41) is 0. The largest absolute Gasteiger partial charge is 0.329 e. The first-order valence-electron chi connectivity index (χ1n) is 11.3. The fourth-order valence-electron chi connectivity index (χ4n) is 4.52. The highest BCUT2D eigenvalue weighted by molar-refractivity contribution is 7.92. The fourth-order valence-corrected chi connectivity index (χ4v) is 5.58. The number of aryl methyl sites for hydroxylation is 2. The summed E-state index contributed by atoms with van der Waals surface area (Å²) in [6.07, 6.45) is 1.74. The maximum absolute atomic E-state index is 13.4. The number of hydrogen-bond donors (Lipinski definition) is 1. The Bertz CT molecular complexity index is 1460. The van der Waals surface area contributed by atoms with Crippen molar-refractivity contribution in [3.8, 4) is 0 Å². The van der Waals surface area contributed by atoms with E-state index in [0.717, 1.165) is 35.3 Å². The molecule has 0 radical (unpaired) electrons. The Kier molecular flexibility index (Phi) is 5.61. The van der Waals surface area contributed by atoms with Crippen molar-refractivity contribution in [2.24, 2.45) is 7.05 Å². The van der Waals surface area contributed by atoms with Crippen LogP contribution in [0.25, 0.3) is 11.0 Å². The number of fused-ring (bicyclic) bond motifs is 1. The third-order valence-electron chi connectivity index (χ3n) is 6.35. The van der Waals surface area contributed by atoms with Gasteiger partial charge in [0.2, 0.25) is 0 Å². The number of rotatable bonds is 5. The highest BCUT2D eigenvalue weighted by atomic mass is 32.2. The van der Waals surface area contributed by atoms with Crippen molar-refractivity contribution in [3.63, 3.8) is 0 Å². The van der Waals surface area contributed by atoms with Crippen molar-refractivity contribution in [2.75, 3.05) is 11.3 Å². The Balaban J connectivity index is 1.37. The SMILES string of the molecule is Cc1ccc(NS(=O)(=O)c2ccc(C(=O)N3CCC[C@H]3c3nc4ccccc4n3C)cc2)cc1. The van der Waals surface area contributed by atoms with E-state index in [0.29, 0.717) is 17.8 Å². The van der Waals surface area contributed by atoms with E-state index >= 15 is 0 Å². The van der Waals surface area contributed by atoms with Crippen LogP contribution in [0.3, 0.4) is 0 Å². The Morgan fingerprint density at radius 3 is 2.41 bits per heavy atom. The molecule has 1 atom stereocenters. The normalized spacial score (nSPS) is 16.2. The molecule has 4 aromatic rings. The lowest BCUT2D eigenvalue weighted by atomic mass is 10.1. The molecule has 1 aliphatic rings. The lowest BCUT2D eigenvalue weighted by Gasteiger charge is -2.24. The van der Waals surface area contributed by atoms with Crippen molar-refractivity contribution < 1.29 is 13.2 Å². The summed E-state index contributed by atoms with van der Waals surface area (Å²) in [6.45, 7) is 2.58. The van der Waals surface area contributed by atoms with Gasteiger partial charge in [0.05, 0.1) is 22.0 Å². The Morgan fingerprint density at radius 1 is 1.00 bits per heavy atom. The summed E-state index contributed by atoms with van der Waals surface area (Å²) in [5.74, 6) is 0.749. The lowest BCUT2D eigenvalue weighted by Crippen LogP contribution is -2.31. The van der Waals surface area contributed by atoms with E-state index in [-0.39, 0.29) is 16.8 Å². The first-order valence-corrected chi connectivity index (χ1v) is 12.7. The molecule has 1 aliphatic heterocycles. The van der Waals surface area contributed by atoms with Crippen molar-refractivity contribution in [1.29, 1.82) is 0 Å². The van der Waals surface area contributed by atoms with Gasteiger partial charge in [0, 0.05) is 24.8 Å². The number of hydrogen-bond acceptors (Lipinski definition) is 4. The molecule has 0 saturated carbocycles. The van der Waals surface area contributed by atoms with Gasteiger partial charge >= 0.3 is 0 Å². The summed E-state index contributed by atoms with van der Waals surface area (Å²) >= 11 is 0. The highest BCUT2D eigenvalue weighted by Crippen LogP contribution is 2.34. The van der Waals surface area contributed by atoms with Gasteiger partial charge in [-0.2, -0.15) is 0 Å². The summed E-state index contributed by atoms with van der Waals surface area (Å²) < 4.78 is 30.2. The molecule has 174 valence electrons. The molecule has 34 heavy (non-hydrogen) atoms. The molecule has 2 heterocycles. The van der Waals surface area contributed by atoms with Crippen LogP contribution < -0.4 is 4.72 Å². The van der Waals surface area contributed by atoms with Gasteiger partial charge < -0.3 is 9.47 Å². The van der Waals surface area contributed by atoms with Gasteiger partial charge in [-0.15, -0.1) is 0 Å². The molecule has 1 fully saturated rings. The number of carbonyl (C=O) groups excluding carboxylic acids is 1. The van der Waals surface area contributed by atoms with E-state index < -0.39 is 10.0 Å². The summed E-state index contributed by atoms with van der Waals surface area (Å²) in [5.41, 5.74) is 3.94. The number of carbonyl (C=O) groups is 1. The molecule has 0 bridgehead atoms. The number of aromatic nitrogens is 2. The van der Waals surface area contributed by atoms with Gasteiger partial charge in [-0.25, -0.2) is 13.4 Å². The number of imidazole rings is 1. The highest BCUT2D eigenvalue weighted by Gasteiger charge is 2.33. The van der Waals surface area contributed by atoms with Crippen LogP contribution in [0.4, 0.5) is 5.69 Å². The predicted octanol–water partition coefficient (Wildman–Crippen LogP) is 4.66. The van der Waals surface area contributed by atoms with Crippen molar-refractivity contribution in [2.45, 2.75) is 30.7 Å². The van der Waals surface area contributed by atoms with E-state index in [9.17, 15) is 13.2 Å². The summed E-state index contributed by atoms with van der Waals surface area (Å²) in [6, 6.07) is 21.1. The average molecular weight is 475 g/mol. The van der Waals surface area contributed by atoms with Gasteiger partial charge in [-0.05, 0) is 68.3 Å². The minimum atomic E-state index is -3.75. The smallest absolute Gasteiger partial charge is 0.261 e. The first kappa shape index (κ1) is 22.2. The number of benzene rings is 3. The first-order chi connectivity index (χ1) is 16.3. The van der Waals surface area contributed by atoms with Gasteiger partial charge in [-0.3, -0.25) is 9.52 Å². The van der Waals surface area contributed by atoms with E-state index in [2.05, 4.69) is 9.29 Å². The number of para-hydroxylation sites is 2. The Hall–Kier alpha value is -3.65. The van der Waals surface area contributed by atoms with E-state index in [4.69, 9.17) is 4.98 Å². The number of amides is 1. The summed E-state index contributed by atoms with van der Waals surface area (Å²) in [7, 11) is -1.77. The molecule has 1 aromatic heterocycles. The minimum absolute atomic E-state index is 0.109. The molecule has 0 aliphatic carbocycles. The van der Waals surface area contributed by atoms with Crippen LogP contribution in [0.15, 0.2) is 77.7 Å². The maximum atomic E-state index is 13.4. The van der Waals surface area contributed by atoms with E-state index in [1.807, 2.05) is 55.3 Å². The topological polar surface area (TPSA) is 84.3 Å². The van der Waals surface area contributed by atoms with Crippen LogP contribution in [-0.2, 0) is 17.1 Å². The van der Waals surface area contributed by atoms with Crippen LogP contribution in [0.1, 0.15) is 40.6 Å². The van der Waals surface area contributed by atoms with Gasteiger partial charge in [-0.1, -0.05) is 29.8 Å². The third-order valence-corrected chi connectivity index (χ3v) is 7.75. The molecule has 1 N–H and O–H groups in total. The molecule has 3 aromatic carbocycles. The molecule has 1 saturated heterocycles. The molecule has 5 rings (SSSR count). The number of likely N-dealkylation sites (tertiary alicyclic amines) is 1. The zero-order valence-electron chi connectivity index (χ0n) is 19.1. The second-order valence-electron chi connectivity index (χ2n) is 8.67. The van der Waals surface area contributed by atoms with Crippen LogP contribution in [-0.4, -0.2) is 35.3 Å². The maximum Gasteiger partial charge on any atom is 0.261 e. The Labute approximate surface area is 199 Å². The number of anilines is 1. The second kappa shape index (κ2) is 8.61. The van der Waals surface area contributed by atoms with Gasteiger partial charge in [0.25, 0.3) is 15.9 Å². The van der Waals surface area contributed by atoms with Crippen LogP contribution in [0, 0.1) is 6.92 Å². The monoisotopic (exact) mass is 474 g/mol. The zero-order chi connectivity index (χ0) is 23.9. The van der Waals surface area contributed by atoms with Crippen molar-refractivity contribution >= 4 is 32.7 Å².